The van der Waals surface area contributed by atoms with Crippen LogP contribution in [-0.4, -0.2) is 22.1 Å². The van der Waals surface area contributed by atoms with E-state index in [4.69, 9.17) is 0 Å². The number of aryl methyl sites for hydroxylation is 3. The van der Waals surface area contributed by atoms with Crippen LogP contribution in [0.15, 0.2) is 18.2 Å². The van der Waals surface area contributed by atoms with Crippen LogP contribution >= 0.6 is 11.3 Å². The Labute approximate surface area is 122 Å². The fourth-order valence-corrected chi connectivity index (χ4v) is 2.30. The fraction of sp³-hybridized carbons (Fsp3) is 0.357. The summed E-state index contributed by atoms with van der Waals surface area (Å²) in [6, 6.07) is 5.70. The summed E-state index contributed by atoms with van der Waals surface area (Å²) in [6.45, 7) is 7.78. The third kappa shape index (κ3) is 3.54. The molecular weight excluding hydrogens is 272 g/mol. The molecule has 1 aromatic heterocycles. The highest BCUT2D eigenvalue weighted by atomic mass is 32.1. The van der Waals surface area contributed by atoms with Crippen molar-refractivity contribution >= 4 is 28.1 Å². The summed E-state index contributed by atoms with van der Waals surface area (Å²) in [7, 11) is 0. The number of hydrogen-bond donors (Lipinski definition) is 2. The van der Waals surface area contributed by atoms with E-state index in [1.807, 2.05) is 32.0 Å². The molecule has 0 fully saturated rings. The highest BCUT2D eigenvalue weighted by Crippen LogP contribution is 2.17. The fourth-order valence-electron chi connectivity index (χ4n) is 1.71. The number of hydrogen-bond acceptors (Lipinski definition) is 5. The normalized spacial score (nSPS) is 12.0. The Balaban J connectivity index is 1.98. The predicted molar refractivity (Wildman–Crippen MR) is 82.3 cm³/mol. The number of benzene rings is 1. The average molecular weight is 290 g/mol. The quantitative estimate of drug-likeness (QED) is 0.908. The van der Waals surface area contributed by atoms with Crippen LogP contribution in [0.1, 0.15) is 23.1 Å². The summed E-state index contributed by atoms with van der Waals surface area (Å²) in [4.78, 5) is 12.0. The zero-order valence-corrected chi connectivity index (χ0v) is 12.8. The monoisotopic (exact) mass is 290 g/mol. The van der Waals surface area contributed by atoms with Gasteiger partial charge in [-0.05, 0) is 51.0 Å². The second-order valence-corrected chi connectivity index (χ2v) is 5.96. The summed E-state index contributed by atoms with van der Waals surface area (Å²) in [5.74, 6) is -0.126. The minimum Gasteiger partial charge on any atom is -0.374 e. The van der Waals surface area contributed by atoms with E-state index in [-0.39, 0.29) is 11.9 Å². The van der Waals surface area contributed by atoms with Gasteiger partial charge in [-0.1, -0.05) is 17.4 Å². The summed E-state index contributed by atoms with van der Waals surface area (Å²) >= 11 is 1.36. The molecule has 106 valence electrons. The van der Waals surface area contributed by atoms with Crippen LogP contribution in [0.5, 0.6) is 0 Å². The molecule has 1 aromatic carbocycles. The van der Waals surface area contributed by atoms with Crippen molar-refractivity contribution in [1.29, 1.82) is 0 Å². The number of nitrogens with one attached hydrogen (secondary N) is 2. The minimum atomic E-state index is -0.346. The maximum atomic E-state index is 12.0. The molecule has 0 bridgehead atoms. The molecule has 6 heteroatoms. The lowest BCUT2D eigenvalue weighted by Crippen LogP contribution is -2.31. The van der Waals surface area contributed by atoms with E-state index in [9.17, 15) is 4.79 Å². The Hall–Kier alpha value is -1.95. The Morgan fingerprint density at radius 3 is 2.55 bits per heavy atom. The number of anilines is 2. The first-order valence-corrected chi connectivity index (χ1v) is 7.22. The van der Waals surface area contributed by atoms with Crippen LogP contribution in [0.4, 0.5) is 10.8 Å². The number of rotatable bonds is 4. The van der Waals surface area contributed by atoms with Gasteiger partial charge in [-0.2, -0.15) is 0 Å². The lowest BCUT2D eigenvalue weighted by molar-refractivity contribution is -0.116. The molecule has 0 aliphatic heterocycles. The van der Waals surface area contributed by atoms with Gasteiger partial charge in [0.15, 0.2) is 0 Å². The van der Waals surface area contributed by atoms with Crippen LogP contribution in [0.2, 0.25) is 0 Å². The van der Waals surface area contributed by atoms with Crippen molar-refractivity contribution in [3.63, 3.8) is 0 Å². The van der Waals surface area contributed by atoms with E-state index < -0.39 is 0 Å². The third-order valence-electron chi connectivity index (χ3n) is 3.04. The number of aromatic nitrogens is 2. The van der Waals surface area contributed by atoms with E-state index >= 15 is 0 Å². The number of amides is 1. The molecule has 0 spiro atoms. The molecule has 0 saturated heterocycles. The van der Waals surface area contributed by atoms with Crippen molar-refractivity contribution in [3.8, 4) is 0 Å². The molecule has 0 saturated carbocycles. The van der Waals surface area contributed by atoms with Gasteiger partial charge >= 0.3 is 0 Å². The third-order valence-corrected chi connectivity index (χ3v) is 3.79. The van der Waals surface area contributed by atoms with Gasteiger partial charge < -0.3 is 5.32 Å². The van der Waals surface area contributed by atoms with E-state index in [1.54, 1.807) is 0 Å². The molecule has 0 aliphatic carbocycles. The molecule has 1 amide bonds. The average Bonchev–Trinajstić information content (AvgIpc) is 2.79. The van der Waals surface area contributed by atoms with Crippen molar-refractivity contribution < 1.29 is 4.79 Å². The maximum absolute atomic E-state index is 12.0. The van der Waals surface area contributed by atoms with Crippen LogP contribution in [0, 0.1) is 20.8 Å². The molecule has 20 heavy (non-hydrogen) atoms. The standard InChI is InChI=1S/C14H18N4OS/c1-8-5-6-12(7-9(8)2)15-10(3)13(19)16-14-18-17-11(4)20-14/h5-7,10,15H,1-4H3,(H,16,18,19)/t10-/m1/s1. The van der Waals surface area contributed by atoms with Gasteiger partial charge in [0, 0.05) is 5.69 Å². The summed E-state index contributed by atoms with van der Waals surface area (Å²) in [5.41, 5.74) is 3.36. The van der Waals surface area contributed by atoms with E-state index in [1.165, 1.54) is 22.5 Å². The van der Waals surface area contributed by atoms with Gasteiger partial charge in [-0.15, -0.1) is 10.2 Å². The lowest BCUT2D eigenvalue weighted by atomic mass is 10.1. The zero-order chi connectivity index (χ0) is 14.7. The molecule has 2 aromatic rings. The maximum Gasteiger partial charge on any atom is 0.248 e. The first-order chi connectivity index (χ1) is 9.45. The molecule has 0 aliphatic rings. The molecule has 0 radical (unpaired) electrons. The largest absolute Gasteiger partial charge is 0.374 e. The summed E-state index contributed by atoms with van der Waals surface area (Å²) in [6.07, 6.45) is 0. The zero-order valence-electron chi connectivity index (χ0n) is 12.0. The molecular formula is C14H18N4OS. The van der Waals surface area contributed by atoms with Crippen molar-refractivity contribution in [2.75, 3.05) is 10.6 Å². The van der Waals surface area contributed by atoms with Crippen LogP contribution in [-0.2, 0) is 4.79 Å². The first kappa shape index (κ1) is 14.5. The van der Waals surface area contributed by atoms with E-state index in [0.29, 0.717) is 5.13 Å². The van der Waals surface area contributed by atoms with Crippen molar-refractivity contribution in [1.82, 2.24) is 10.2 Å². The van der Waals surface area contributed by atoms with Crippen molar-refractivity contribution in [2.24, 2.45) is 0 Å². The predicted octanol–water partition coefficient (Wildman–Crippen LogP) is 2.90. The molecule has 2 rings (SSSR count). The van der Waals surface area contributed by atoms with E-state index in [2.05, 4.69) is 34.7 Å². The van der Waals surface area contributed by atoms with Gasteiger partial charge in [-0.3, -0.25) is 10.1 Å². The topological polar surface area (TPSA) is 66.9 Å². The number of carbonyl (C=O) groups is 1. The van der Waals surface area contributed by atoms with Crippen LogP contribution < -0.4 is 10.6 Å². The lowest BCUT2D eigenvalue weighted by Gasteiger charge is -2.15. The Morgan fingerprint density at radius 2 is 1.95 bits per heavy atom. The second-order valence-electron chi connectivity index (χ2n) is 4.78. The second kappa shape index (κ2) is 6.00. The Kier molecular flexibility index (Phi) is 4.34. The Morgan fingerprint density at radius 1 is 1.20 bits per heavy atom. The Bertz CT molecular complexity index is 623. The van der Waals surface area contributed by atoms with Gasteiger partial charge in [0.05, 0.1) is 0 Å². The van der Waals surface area contributed by atoms with Crippen LogP contribution in [0.25, 0.3) is 0 Å². The molecule has 2 N–H and O–H groups in total. The summed E-state index contributed by atoms with van der Waals surface area (Å²) < 4.78 is 0. The number of carbonyl (C=O) groups excluding carboxylic acids is 1. The van der Waals surface area contributed by atoms with E-state index in [0.717, 1.165) is 10.7 Å². The highest BCUT2D eigenvalue weighted by Gasteiger charge is 2.14. The highest BCUT2D eigenvalue weighted by molar-refractivity contribution is 7.15. The van der Waals surface area contributed by atoms with Crippen molar-refractivity contribution in [3.05, 3.63) is 34.3 Å². The number of nitrogens with zero attached hydrogens (tertiary/aromatic N) is 2. The molecule has 1 atom stereocenters. The van der Waals surface area contributed by atoms with Gasteiger partial charge in [0.25, 0.3) is 0 Å². The van der Waals surface area contributed by atoms with Crippen LogP contribution in [0.3, 0.4) is 0 Å². The molecule has 5 nitrogen and oxygen atoms in total. The first-order valence-electron chi connectivity index (χ1n) is 6.40. The SMILES string of the molecule is Cc1nnc(NC(=O)[C@@H](C)Nc2ccc(C)c(C)c2)s1. The van der Waals surface area contributed by atoms with Gasteiger partial charge in [0.2, 0.25) is 11.0 Å². The van der Waals surface area contributed by atoms with Crippen molar-refractivity contribution in [2.45, 2.75) is 33.7 Å². The molecule has 0 unspecified atom stereocenters. The van der Waals surface area contributed by atoms with Gasteiger partial charge in [-0.25, -0.2) is 0 Å². The smallest absolute Gasteiger partial charge is 0.248 e. The minimum absolute atomic E-state index is 0.126. The molecule has 1 heterocycles. The van der Waals surface area contributed by atoms with Gasteiger partial charge in [0.1, 0.15) is 11.0 Å². The summed E-state index contributed by atoms with van der Waals surface area (Å²) in [5, 5.41) is 15.0.